The second-order valence-corrected chi connectivity index (χ2v) is 9.61. The number of amides is 1. The van der Waals surface area contributed by atoms with Gasteiger partial charge in [-0.2, -0.15) is 4.31 Å². The van der Waals surface area contributed by atoms with Crippen molar-refractivity contribution in [1.82, 2.24) is 14.3 Å². The number of hydrogen-bond acceptors (Lipinski definition) is 7. The average Bonchev–Trinajstić information content (AvgIpc) is 3.42. The summed E-state index contributed by atoms with van der Waals surface area (Å²) in [5.41, 5.74) is 1.37. The van der Waals surface area contributed by atoms with Crippen molar-refractivity contribution in [3.05, 3.63) is 46.1 Å². The maximum absolute atomic E-state index is 12.8. The van der Waals surface area contributed by atoms with Gasteiger partial charge in [-0.25, -0.2) is 13.4 Å². The molecule has 4 rings (SSSR count). The first kappa shape index (κ1) is 18.2. The number of thiazole rings is 1. The van der Waals surface area contributed by atoms with E-state index < -0.39 is 15.9 Å². The molecule has 0 bridgehead atoms. The van der Waals surface area contributed by atoms with E-state index in [1.807, 2.05) is 18.2 Å². The number of hydrogen-bond donors (Lipinski definition) is 1. The van der Waals surface area contributed by atoms with Gasteiger partial charge < -0.3 is 0 Å². The SMILES string of the molecule is O=C(Nc1nc(-c2ccccn2)cs1)c1sccc1S(=O)(=O)N1CCCC1. The van der Waals surface area contributed by atoms with Crippen LogP contribution >= 0.6 is 22.7 Å². The normalized spacial score (nSPS) is 15.1. The molecule has 27 heavy (non-hydrogen) atoms. The summed E-state index contributed by atoms with van der Waals surface area (Å²) in [4.78, 5) is 21.5. The van der Waals surface area contributed by atoms with Crippen LogP contribution in [0.1, 0.15) is 22.5 Å². The number of nitrogens with one attached hydrogen (secondary N) is 1. The minimum Gasteiger partial charge on any atom is -0.297 e. The molecule has 7 nitrogen and oxygen atoms in total. The molecule has 0 unspecified atom stereocenters. The molecule has 0 spiro atoms. The van der Waals surface area contributed by atoms with Gasteiger partial charge in [0, 0.05) is 24.7 Å². The zero-order valence-electron chi connectivity index (χ0n) is 14.2. The fraction of sp³-hybridized carbons (Fsp3) is 0.235. The van der Waals surface area contributed by atoms with E-state index in [1.165, 1.54) is 21.7 Å². The molecular formula is C17H16N4O3S3. The lowest BCUT2D eigenvalue weighted by Crippen LogP contribution is -2.29. The number of pyridine rings is 1. The zero-order chi connectivity index (χ0) is 18.9. The number of aromatic nitrogens is 2. The van der Waals surface area contributed by atoms with Gasteiger partial charge in [-0.1, -0.05) is 6.07 Å². The molecule has 0 radical (unpaired) electrons. The quantitative estimate of drug-likeness (QED) is 0.684. The highest BCUT2D eigenvalue weighted by Gasteiger charge is 2.32. The minimum absolute atomic E-state index is 0.0633. The Labute approximate surface area is 164 Å². The lowest BCUT2D eigenvalue weighted by Gasteiger charge is -2.15. The highest BCUT2D eigenvalue weighted by atomic mass is 32.2. The monoisotopic (exact) mass is 420 g/mol. The summed E-state index contributed by atoms with van der Waals surface area (Å²) in [6, 6.07) is 7.01. The van der Waals surface area contributed by atoms with Crippen LogP contribution in [-0.4, -0.2) is 41.7 Å². The van der Waals surface area contributed by atoms with Crippen LogP contribution in [0.2, 0.25) is 0 Å². The summed E-state index contributed by atoms with van der Waals surface area (Å²) in [5, 5.41) is 6.53. The summed E-state index contributed by atoms with van der Waals surface area (Å²) < 4.78 is 27.0. The summed E-state index contributed by atoms with van der Waals surface area (Å²) in [6.45, 7) is 0.998. The molecule has 1 N–H and O–H groups in total. The smallest absolute Gasteiger partial charge is 0.268 e. The van der Waals surface area contributed by atoms with Gasteiger partial charge >= 0.3 is 0 Å². The number of anilines is 1. The van der Waals surface area contributed by atoms with E-state index >= 15 is 0 Å². The number of sulfonamides is 1. The van der Waals surface area contributed by atoms with Crippen LogP contribution < -0.4 is 5.32 Å². The van der Waals surface area contributed by atoms with Crippen LogP contribution in [0.5, 0.6) is 0 Å². The molecule has 3 aromatic rings. The lowest BCUT2D eigenvalue weighted by molar-refractivity contribution is 0.102. The van der Waals surface area contributed by atoms with Crippen molar-refractivity contribution in [2.45, 2.75) is 17.7 Å². The Hall–Kier alpha value is -2.14. The van der Waals surface area contributed by atoms with Crippen molar-refractivity contribution in [1.29, 1.82) is 0 Å². The van der Waals surface area contributed by atoms with Gasteiger partial charge in [0.05, 0.1) is 5.69 Å². The fourth-order valence-corrected chi connectivity index (χ4v) is 6.36. The van der Waals surface area contributed by atoms with Crippen LogP contribution in [0.4, 0.5) is 5.13 Å². The van der Waals surface area contributed by atoms with Crippen LogP contribution in [0.15, 0.2) is 46.1 Å². The van der Waals surface area contributed by atoms with Crippen LogP contribution in [0.3, 0.4) is 0 Å². The molecule has 1 amide bonds. The van der Waals surface area contributed by atoms with Crippen molar-refractivity contribution in [3.63, 3.8) is 0 Å². The van der Waals surface area contributed by atoms with E-state index in [2.05, 4.69) is 15.3 Å². The molecule has 3 aromatic heterocycles. The molecule has 140 valence electrons. The molecule has 1 saturated heterocycles. The van der Waals surface area contributed by atoms with Gasteiger partial charge in [-0.15, -0.1) is 22.7 Å². The first-order valence-corrected chi connectivity index (χ1v) is 11.5. The van der Waals surface area contributed by atoms with Crippen LogP contribution in [-0.2, 0) is 10.0 Å². The summed E-state index contributed by atoms with van der Waals surface area (Å²) in [6.07, 6.45) is 3.37. The maximum Gasteiger partial charge on any atom is 0.268 e. The molecule has 1 aliphatic rings. The minimum atomic E-state index is -3.65. The predicted octanol–water partition coefficient (Wildman–Crippen LogP) is 3.30. The molecule has 0 atom stereocenters. The Kier molecular flexibility index (Phi) is 5.04. The zero-order valence-corrected chi connectivity index (χ0v) is 16.6. The molecule has 10 heteroatoms. The topological polar surface area (TPSA) is 92.3 Å². The van der Waals surface area contributed by atoms with Crippen molar-refractivity contribution < 1.29 is 13.2 Å². The molecular weight excluding hydrogens is 404 g/mol. The first-order chi connectivity index (χ1) is 13.1. The van der Waals surface area contributed by atoms with Gasteiger partial charge in [0.2, 0.25) is 10.0 Å². The Balaban J connectivity index is 1.55. The van der Waals surface area contributed by atoms with E-state index in [4.69, 9.17) is 0 Å². The first-order valence-electron chi connectivity index (χ1n) is 8.31. The number of carbonyl (C=O) groups excluding carboxylic acids is 1. The number of rotatable bonds is 5. The molecule has 0 aliphatic carbocycles. The highest BCUT2D eigenvalue weighted by molar-refractivity contribution is 7.89. The number of nitrogens with zero attached hydrogens (tertiary/aromatic N) is 3. The van der Waals surface area contributed by atoms with Crippen molar-refractivity contribution >= 4 is 43.7 Å². The largest absolute Gasteiger partial charge is 0.297 e. The summed E-state index contributed by atoms with van der Waals surface area (Å²) >= 11 is 2.38. The summed E-state index contributed by atoms with van der Waals surface area (Å²) in [7, 11) is -3.65. The molecule has 4 heterocycles. The lowest BCUT2D eigenvalue weighted by atomic mass is 10.3. The second-order valence-electron chi connectivity index (χ2n) is 5.93. The van der Waals surface area contributed by atoms with Crippen molar-refractivity contribution in [2.24, 2.45) is 0 Å². The van der Waals surface area contributed by atoms with E-state index in [0.29, 0.717) is 29.6 Å². The molecule has 0 saturated carbocycles. The fourth-order valence-electron chi connectivity index (χ4n) is 2.85. The van der Waals surface area contributed by atoms with Crippen LogP contribution in [0, 0.1) is 0 Å². The molecule has 1 aliphatic heterocycles. The van der Waals surface area contributed by atoms with Gasteiger partial charge in [0.1, 0.15) is 15.5 Å². The number of thiophene rings is 1. The average molecular weight is 421 g/mol. The second kappa shape index (κ2) is 7.47. The van der Waals surface area contributed by atoms with E-state index in [-0.39, 0.29) is 9.77 Å². The third-order valence-corrected chi connectivity index (χ3v) is 7.91. The van der Waals surface area contributed by atoms with E-state index in [1.54, 1.807) is 17.0 Å². The summed E-state index contributed by atoms with van der Waals surface area (Å²) in [5.74, 6) is -0.468. The van der Waals surface area contributed by atoms with E-state index in [0.717, 1.165) is 24.2 Å². The van der Waals surface area contributed by atoms with Crippen molar-refractivity contribution in [3.8, 4) is 11.4 Å². The molecule has 0 aromatic carbocycles. The third-order valence-electron chi connectivity index (χ3n) is 4.17. The predicted molar refractivity (Wildman–Crippen MR) is 106 cm³/mol. The van der Waals surface area contributed by atoms with E-state index in [9.17, 15) is 13.2 Å². The Morgan fingerprint density at radius 3 is 2.67 bits per heavy atom. The third kappa shape index (κ3) is 3.65. The Bertz CT molecular complexity index is 1050. The van der Waals surface area contributed by atoms with Crippen molar-refractivity contribution in [2.75, 3.05) is 18.4 Å². The van der Waals surface area contributed by atoms with Gasteiger partial charge in [0.15, 0.2) is 5.13 Å². The Morgan fingerprint density at radius 1 is 1.11 bits per heavy atom. The standard InChI is InChI=1S/C17H16N4O3S3/c22-16(20-17-19-13(11-26-17)12-5-1-2-7-18-12)15-14(6-10-25-15)27(23,24)21-8-3-4-9-21/h1-2,5-7,10-11H,3-4,8-9H2,(H,19,20,22). The highest BCUT2D eigenvalue weighted by Crippen LogP contribution is 2.29. The van der Waals surface area contributed by atoms with Gasteiger partial charge in [0.25, 0.3) is 5.91 Å². The van der Waals surface area contributed by atoms with Gasteiger partial charge in [-0.3, -0.25) is 15.1 Å². The van der Waals surface area contributed by atoms with Gasteiger partial charge in [-0.05, 0) is 36.4 Å². The van der Waals surface area contributed by atoms with Crippen LogP contribution in [0.25, 0.3) is 11.4 Å². The maximum atomic E-state index is 12.8. The Morgan fingerprint density at radius 2 is 1.93 bits per heavy atom. The molecule has 1 fully saturated rings. The number of carbonyl (C=O) groups is 1.